The minimum absolute atomic E-state index is 0.0701. The number of carbonyl (C=O) groups is 1. The van der Waals surface area contributed by atoms with Crippen molar-refractivity contribution in [1.29, 1.82) is 5.26 Å². The summed E-state index contributed by atoms with van der Waals surface area (Å²) >= 11 is 0. The van der Waals surface area contributed by atoms with Crippen LogP contribution in [0.3, 0.4) is 0 Å². The highest BCUT2D eigenvalue weighted by Crippen LogP contribution is 2.45. The average Bonchev–Trinajstić information content (AvgIpc) is 2.20. The summed E-state index contributed by atoms with van der Waals surface area (Å²) in [6, 6.07) is 1.88. The van der Waals surface area contributed by atoms with E-state index in [0.29, 0.717) is 25.2 Å². The summed E-state index contributed by atoms with van der Waals surface area (Å²) in [5, 5.41) is 20.7. The Bertz CT molecular complexity index is 273. The van der Waals surface area contributed by atoms with Crippen LogP contribution in [0.2, 0.25) is 0 Å². The molecule has 2 N–H and O–H groups in total. The Kier molecular flexibility index (Phi) is 3.70. The molecule has 1 saturated carbocycles. The van der Waals surface area contributed by atoms with Gasteiger partial charge in [-0.15, -0.1) is 0 Å². The summed E-state index contributed by atoms with van der Waals surface area (Å²) in [6.07, 6.45) is 1.95. The molecule has 0 aliphatic heterocycles. The van der Waals surface area contributed by atoms with E-state index in [-0.39, 0.29) is 18.6 Å². The molecule has 0 spiro atoms. The van der Waals surface area contributed by atoms with E-state index in [1.165, 1.54) is 0 Å². The lowest BCUT2D eigenvalue weighted by molar-refractivity contribution is -0.135. The van der Waals surface area contributed by atoms with Crippen molar-refractivity contribution in [2.75, 3.05) is 6.61 Å². The van der Waals surface area contributed by atoms with Crippen LogP contribution in [0.15, 0.2) is 0 Å². The molecule has 0 heterocycles. The van der Waals surface area contributed by atoms with E-state index in [1.54, 1.807) is 0 Å². The zero-order valence-corrected chi connectivity index (χ0v) is 9.29. The molecule has 0 bridgehead atoms. The Morgan fingerprint density at radius 1 is 1.73 bits per heavy atom. The molecule has 84 valence electrons. The normalized spacial score (nSPS) is 31.2. The number of nitriles is 1. The van der Waals surface area contributed by atoms with Crippen LogP contribution in [0.4, 0.5) is 0 Å². The highest BCUT2D eigenvalue weighted by Gasteiger charge is 2.49. The van der Waals surface area contributed by atoms with Crippen molar-refractivity contribution in [3.8, 4) is 6.07 Å². The number of carbonyl (C=O) groups excluding carboxylic acids is 1. The maximum Gasteiger partial charge on any atom is 0.240 e. The minimum atomic E-state index is -0.831. The quantitative estimate of drug-likeness (QED) is 0.721. The molecule has 1 rings (SSSR count). The monoisotopic (exact) mass is 210 g/mol. The van der Waals surface area contributed by atoms with Gasteiger partial charge in [-0.1, -0.05) is 13.8 Å². The van der Waals surface area contributed by atoms with Crippen LogP contribution in [-0.2, 0) is 4.79 Å². The second-order valence-electron chi connectivity index (χ2n) is 4.47. The van der Waals surface area contributed by atoms with Crippen molar-refractivity contribution in [2.45, 2.75) is 39.2 Å². The topological polar surface area (TPSA) is 73.1 Å². The molecule has 1 aliphatic rings. The van der Waals surface area contributed by atoms with Gasteiger partial charge in [0.1, 0.15) is 5.41 Å². The Morgan fingerprint density at radius 2 is 2.33 bits per heavy atom. The summed E-state index contributed by atoms with van der Waals surface area (Å²) in [5.41, 5.74) is -0.831. The molecular formula is C11H18N2O2. The summed E-state index contributed by atoms with van der Waals surface area (Å²) in [5.74, 6) is 0.230. The molecule has 0 radical (unpaired) electrons. The van der Waals surface area contributed by atoms with Crippen LogP contribution >= 0.6 is 0 Å². The van der Waals surface area contributed by atoms with Crippen LogP contribution in [0.25, 0.3) is 0 Å². The Morgan fingerprint density at radius 3 is 2.67 bits per heavy atom. The summed E-state index contributed by atoms with van der Waals surface area (Å²) in [4.78, 5) is 11.8. The lowest BCUT2D eigenvalue weighted by Gasteiger charge is -2.39. The van der Waals surface area contributed by atoms with Crippen LogP contribution < -0.4 is 5.32 Å². The van der Waals surface area contributed by atoms with E-state index in [1.807, 2.05) is 13.8 Å². The van der Waals surface area contributed by atoms with Crippen LogP contribution in [-0.4, -0.2) is 23.7 Å². The Balaban J connectivity index is 2.57. The van der Waals surface area contributed by atoms with Gasteiger partial charge in [0.2, 0.25) is 5.91 Å². The van der Waals surface area contributed by atoms with Crippen LogP contribution in [0.1, 0.15) is 33.1 Å². The van der Waals surface area contributed by atoms with Crippen molar-refractivity contribution in [1.82, 2.24) is 5.32 Å². The first-order valence-electron chi connectivity index (χ1n) is 5.41. The second-order valence-corrected chi connectivity index (χ2v) is 4.47. The SMILES string of the molecule is CC[C@@H](CO)NC(=O)C1(C#N)CC(C)C1. The molecule has 4 nitrogen and oxygen atoms in total. The van der Waals surface area contributed by atoms with E-state index in [9.17, 15) is 4.79 Å². The molecule has 0 aromatic heterocycles. The van der Waals surface area contributed by atoms with E-state index in [2.05, 4.69) is 11.4 Å². The van der Waals surface area contributed by atoms with E-state index < -0.39 is 5.41 Å². The fraction of sp³-hybridized carbons (Fsp3) is 0.818. The molecule has 0 aromatic rings. The van der Waals surface area contributed by atoms with Gasteiger partial charge in [0.25, 0.3) is 0 Å². The molecule has 0 saturated heterocycles. The van der Waals surface area contributed by atoms with Gasteiger partial charge in [-0.25, -0.2) is 0 Å². The van der Waals surface area contributed by atoms with Crippen molar-refractivity contribution < 1.29 is 9.90 Å². The lowest BCUT2D eigenvalue weighted by atomic mass is 9.63. The molecule has 0 aromatic carbocycles. The standard InChI is InChI=1S/C11H18N2O2/c1-3-9(6-14)13-10(15)11(7-12)4-8(2)5-11/h8-9,14H,3-6H2,1-2H3,(H,13,15)/t8?,9-,11?/m0/s1. The Labute approximate surface area is 90.3 Å². The summed E-state index contributed by atoms with van der Waals surface area (Å²) < 4.78 is 0. The van der Waals surface area contributed by atoms with Crippen LogP contribution in [0, 0.1) is 22.7 Å². The third kappa shape index (κ3) is 2.29. The number of hydrogen-bond donors (Lipinski definition) is 2. The zero-order valence-electron chi connectivity index (χ0n) is 9.29. The highest BCUT2D eigenvalue weighted by molar-refractivity contribution is 5.86. The molecule has 1 amide bonds. The average molecular weight is 210 g/mol. The maximum absolute atomic E-state index is 11.8. The van der Waals surface area contributed by atoms with Gasteiger partial charge in [-0.2, -0.15) is 5.26 Å². The highest BCUT2D eigenvalue weighted by atomic mass is 16.3. The lowest BCUT2D eigenvalue weighted by Crippen LogP contribution is -2.51. The second kappa shape index (κ2) is 4.63. The predicted molar refractivity (Wildman–Crippen MR) is 55.8 cm³/mol. The van der Waals surface area contributed by atoms with E-state index >= 15 is 0 Å². The van der Waals surface area contributed by atoms with Gasteiger partial charge in [0.15, 0.2) is 0 Å². The van der Waals surface area contributed by atoms with Gasteiger partial charge < -0.3 is 10.4 Å². The maximum atomic E-state index is 11.8. The largest absolute Gasteiger partial charge is 0.394 e. The van der Waals surface area contributed by atoms with Gasteiger partial charge in [-0.3, -0.25) is 4.79 Å². The zero-order chi connectivity index (χ0) is 11.5. The van der Waals surface area contributed by atoms with Crippen molar-refractivity contribution >= 4 is 5.91 Å². The third-order valence-electron chi connectivity index (χ3n) is 3.09. The number of hydrogen-bond acceptors (Lipinski definition) is 3. The molecule has 15 heavy (non-hydrogen) atoms. The minimum Gasteiger partial charge on any atom is -0.394 e. The summed E-state index contributed by atoms with van der Waals surface area (Å²) in [7, 11) is 0. The predicted octanol–water partition coefficient (Wildman–Crippen LogP) is 0.813. The van der Waals surface area contributed by atoms with E-state index in [4.69, 9.17) is 10.4 Å². The van der Waals surface area contributed by atoms with Crippen molar-refractivity contribution in [3.05, 3.63) is 0 Å². The fourth-order valence-corrected chi connectivity index (χ4v) is 2.06. The van der Waals surface area contributed by atoms with Crippen molar-refractivity contribution in [2.24, 2.45) is 11.3 Å². The Hall–Kier alpha value is -1.08. The summed E-state index contributed by atoms with van der Waals surface area (Å²) in [6.45, 7) is 3.86. The first kappa shape index (κ1) is 12.0. The number of nitrogens with zero attached hydrogens (tertiary/aromatic N) is 1. The first-order chi connectivity index (χ1) is 7.07. The molecule has 0 unspecified atom stereocenters. The number of rotatable bonds is 4. The number of aliphatic hydroxyl groups excluding tert-OH is 1. The van der Waals surface area contributed by atoms with Gasteiger partial charge in [-0.05, 0) is 25.2 Å². The molecule has 1 atom stereocenters. The number of amides is 1. The van der Waals surface area contributed by atoms with E-state index in [0.717, 1.165) is 0 Å². The number of nitrogens with one attached hydrogen (secondary N) is 1. The third-order valence-corrected chi connectivity index (χ3v) is 3.09. The fourth-order valence-electron chi connectivity index (χ4n) is 2.06. The molecule has 1 aliphatic carbocycles. The van der Waals surface area contributed by atoms with Crippen molar-refractivity contribution in [3.63, 3.8) is 0 Å². The van der Waals surface area contributed by atoms with Crippen LogP contribution in [0.5, 0.6) is 0 Å². The number of aliphatic hydroxyl groups is 1. The molecule has 4 heteroatoms. The van der Waals surface area contributed by atoms with Gasteiger partial charge >= 0.3 is 0 Å². The smallest absolute Gasteiger partial charge is 0.240 e. The van der Waals surface area contributed by atoms with Gasteiger partial charge in [0, 0.05) is 0 Å². The van der Waals surface area contributed by atoms with Gasteiger partial charge in [0.05, 0.1) is 18.7 Å². The molecular weight excluding hydrogens is 192 g/mol. The first-order valence-corrected chi connectivity index (χ1v) is 5.41. The molecule has 1 fully saturated rings.